The Bertz CT molecular complexity index is 724. The van der Waals surface area contributed by atoms with Gasteiger partial charge in [0.25, 0.3) is 0 Å². The number of thiazole rings is 1. The van der Waals surface area contributed by atoms with Crippen molar-refractivity contribution < 1.29 is 4.52 Å². The summed E-state index contributed by atoms with van der Waals surface area (Å²) >= 11 is 1.70. The SMILES string of the molecule is Cc1ncsc1CCN(C)Cc1nc(-c2ccncc2)no1. The second-order valence-corrected chi connectivity index (χ2v) is 6.04. The molecular weight excluding hydrogens is 298 g/mol. The fourth-order valence-corrected chi connectivity index (χ4v) is 2.88. The summed E-state index contributed by atoms with van der Waals surface area (Å²) in [6.07, 6.45) is 4.42. The maximum Gasteiger partial charge on any atom is 0.241 e. The van der Waals surface area contributed by atoms with Crippen LogP contribution in [0.25, 0.3) is 11.4 Å². The van der Waals surface area contributed by atoms with Gasteiger partial charge in [-0.2, -0.15) is 4.98 Å². The molecule has 3 aromatic rings. The van der Waals surface area contributed by atoms with Crippen LogP contribution < -0.4 is 0 Å². The lowest BCUT2D eigenvalue weighted by Gasteiger charge is -2.13. The largest absolute Gasteiger partial charge is 0.338 e. The van der Waals surface area contributed by atoms with E-state index >= 15 is 0 Å². The lowest BCUT2D eigenvalue weighted by atomic mass is 10.2. The number of aromatic nitrogens is 4. The molecule has 0 aliphatic heterocycles. The molecule has 3 rings (SSSR count). The van der Waals surface area contributed by atoms with E-state index in [-0.39, 0.29) is 0 Å². The summed E-state index contributed by atoms with van der Waals surface area (Å²) in [4.78, 5) is 16.2. The highest BCUT2D eigenvalue weighted by atomic mass is 32.1. The van der Waals surface area contributed by atoms with E-state index in [0.29, 0.717) is 18.3 Å². The van der Waals surface area contributed by atoms with Gasteiger partial charge in [0.15, 0.2) is 0 Å². The summed E-state index contributed by atoms with van der Waals surface area (Å²) in [5.41, 5.74) is 3.92. The molecule has 0 fully saturated rings. The van der Waals surface area contributed by atoms with Gasteiger partial charge in [-0.05, 0) is 32.5 Å². The minimum absolute atomic E-state index is 0.601. The van der Waals surface area contributed by atoms with Crippen LogP contribution in [-0.2, 0) is 13.0 Å². The zero-order valence-corrected chi connectivity index (χ0v) is 13.4. The Morgan fingerprint density at radius 1 is 1.27 bits per heavy atom. The van der Waals surface area contributed by atoms with Crippen LogP contribution in [0.1, 0.15) is 16.5 Å². The minimum Gasteiger partial charge on any atom is -0.338 e. The van der Waals surface area contributed by atoms with Crippen LogP contribution >= 0.6 is 11.3 Å². The molecule has 6 nitrogen and oxygen atoms in total. The fourth-order valence-electron chi connectivity index (χ4n) is 2.11. The summed E-state index contributed by atoms with van der Waals surface area (Å²) in [5.74, 6) is 1.22. The molecule has 0 atom stereocenters. The molecule has 3 heterocycles. The van der Waals surface area contributed by atoms with Crippen molar-refractivity contribution in [2.24, 2.45) is 0 Å². The molecule has 0 saturated heterocycles. The van der Waals surface area contributed by atoms with Crippen molar-refractivity contribution in [3.05, 3.63) is 46.5 Å². The van der Waals surface area contributed by atoms with E-state index in [2.05, 4.69) is 25.0 Å². The highest BCUT2D eigenvalue weighted by molar-refractivity contribution is 7.09. The smallest absolute Gasteiger partial charge is 0.241 e. The summed E-state index contributed by atoms with van der Waals surface area (Å²) < 4.78 is 5.32. The number of nitrogens with zero attached hydrogens (tertiary/aromatic N) is 5. The molecule has 0 radical (unpaired) electrons. The van der Waals surface area contributed by atoms with Crippen molar-refractivity contribution in [2.75, 3.05) is 13.6 Å². The quantitative estimate of drug-likeness (QED) is 0.696. The van der Waals surface area contributed by atoms with Crippen LogP contribution in [0.2, 0.25) is 0 Å². The van der Waals surface area contributed by atoms with Crippen LogP contribution in [0.15, 0.2) is 34.6 Å². The number of likely N-dealkylation sites (N-methyl/N-ethyl adjacent to an activating group) is 1. The zero-order chi connectivity index (χ0) is 15.4. The topological polar surface area (TPSA) is 67.9 Å². The third kappa shape index (κ3) is 3.55. The first kappa shape index (κ1) is 14.8. The molecule has 0 bridgehead atoms. The standard InChI is InChI=1S/C15H17N5OS/c1-11-13(22-10-17-11)5-8-20(2)9-14-18-15(19-21-14)12-3-6-16-7-4-12/h3-4,6-7,10H,5,8-9H2,1-2H3. The van der Waals surface area contributed by atoms with Gasteiger partial charge in [0.05, 0.1) is 17.7 Å². The van der Waals surface area contributed by atoms with Gasteiger partial charge in [-0.25, -0.2) is 4.98 Å². The lowest BCUT2D eigenvalue weighted by molar-refractivity contribution is 0.269. The van der Waals surface area contributed by atoms with Crippen molar-refractivity contribution in [2.45, 2.75) is 19.9 Å². The molecule has 3 aromatic heterocycles. The Kier molecular flexibility index (Phi) is 4.55. The van der Waals surface area contributed by atoms with Gasteiger partial charge in [-0.3, -0.25) is 9.88 Å². The molecule has 0 aromatic carbocycles. The Balaban J connectivity index is 1.57. The second-order valence-electron chi connectivity index (χ2n) is 5.10. The maximum atomic E-state index is 5.32. The van der Waals surface area contributed by atoms with Crippen molar-refractivity contribution in [1.29, 1.82) is 0 Å². The molecule has 0 aliphatic rings. The lowest BCUT2D eigenvalue weighted by Crippen LogP contribution is -2.20. The molecule has 0 unspecified atom stereocenters. The summed E-state index contributed by atoms with van der Waals surface area (Å²) in [6, 6.07) is 3.73. The van der Waals surface area contributed by atoms with Gasteiger partial charge in [0.1, 0.15) is 0 Å². The molecule has 7 heteroatoms. The van der Waals surface area contributed by atoms with E-state index < -0.39 is 0 Å². The first-order valence-corrected chi connectivity index (χ1v) is 7.91. The van der Waals surface area contributed by atoms with E-state index in [4.69, 9.17) is 4.52 Å². The van der Waals surface area contributed by atoms with Crippen LogP contribution in [0.4, 0.5) is 0 Å². The molecule has 0 amide bonds. The third-order valence-corrected chi connectivity index (χ3v) is 4.37. The van der Waals surface area contributed by atoms with Crippen molar-refractivity contribution in [3.8, 4) is 11.4 Å². The predicted molar refractivity (Wildman–Crippen MR) is 84.4 cm³/mol. The van der Waals surface area contributed by atoms with Crippen molar-refractivity contribution >= 4 is 11.3 Å². The summed E-state index contributed by atoms with van der Waals surface area (Å²) in [6.45, 7) is 3.61. The highest BCUT2D eigenvalue weighted by Crippen LogP contribution is 2.16. The average molecular weight is 315 g/mol. The zero-order valence-electron chi connectivity index (χ0n) is 12.6. The summed E-state index contributed by atoms with van der Waals surface area (Å²) in [5, 5.41) is 4.02. The maximum absolute atomic E-state index is 5.32. The number of hydrogen-bond donors (Lipinski definition) is 0. The average Bonchev–Trinajstić information content (AvgIpc) is 3.15. The minimum atomic E-state index is 0.601. The van der Waals surface area contributed by atoms with Gasteiger partial charge in [0.2, 0.25) is 11.7 Å². The number of hydrogen-bond acceptors (Lipinski definition) is 7. The summed E-state index contributed by atoms with van der Waals surface area (Å²) in [7, 11) is 2.05. The van der Waals surface area contributed by atoms with Gasteiger partial charge < -0.3 is 4.52 Å². The Labute approximate surface area is 132 Å². The van der Waals surface area contributed by atoms with Crippen LogP contribution in [0.5, 0.6) is 0 Å². The van der Waals surface area contributed by atoms with E-state index in [1.54, 1.807) is 23.7 Å². The molecule has 0 spiro atoms. The number of aryl methyl sites for hydroxylation is 1. The molecule has 0 aliphatic carbocycles. The highest BCUT2D eigenvalue weighted by Gasteiger charge is 2.11. The fraction of sp³-hybridized carbons (Fsp3) is 0.333. The second kappa shape index (κ2) is 6.76. The molecule has 22 heavy (non-hydrogen) atoms. The Morgan fingerprint density at radius 2 is 2.09 bits per heavy atom. The Morgan fingerprint density at radius 3 is 2.82 bits per heavy atom. The molecule has 114 valence electrons. The van der Waals surface area contributed by atoms with Crippen molar-refractivity contribution in [1.82, 2.24) is 25.0 Å². The van der Waals surface area contributed by atoms with Gasteiger partial charge >= 0.3 is 0 Å². The monoisotopic (exact) mass is 315 g/mol. The van der Waals surface area contributed by atoms with Gasteiger partial charge in [-0.15, -0.1) is 11.3 Å². The Hall–Kier alpha value is -2.12. The van der Waals surface area contributed by atoms with E-state index in [1.807, 2.05) is 31.6 Å². The first-order valence-electron chi connectivity index (χ1n) is 7.03. The van der Waals surface area contributed by atoms with Crippen LogP contribution in [0.3, 0.4) is 0 Å². The van der Waals surface area contributed by atoms with Crippen LogP contribution in [-0.4, -0.2) is 38.6 Å². The van der Waals surface area contributed by atoms with E-state index in [1.165, 1.54) is 4.88 Å². The van der Waals surface area contributed by atoms with E-state index in [9.17, 15) is 0 Å². The van der Waals surface area contributed by atoms with Gasteiger partial charge in [0, 0.05) is 29.4 Å². The van der Waals surface area contributed by atoms with Crippen LogP contribution in [0, 0.1) is 6.92 Å². The molecule has 0 saturated carbocycles. The van der Waals surface area contributed by atoms with Crippen molar-refractivity contribution in [3.63, 3.8) is 0 Å². The molecular formula is C15H17N5OS. The number of rotatable bonds is 6. The predicted octanol–water partition coefficient (Wildman–Crippen LogP) is 2.57. The first-order chi connectivity index (χ1) is 10.7. The normalized spacial score (nSPS) is 11.2. The third-order valence-electron chi connectivity index (χ3n) is 3.38. The number of pyridine rings is 1. The molecule has 0 N–H and O–H groups in total. The van der Waals surface area contributed by atoms with Gasteiger partial charge in [-0.1, -0.05) is 5.16 Å². The van der Waals surface area contributed by atoms with E-state index in [0.717, 1.165) is 24.2 Å².